The van der Waals surface area contributed by atoms with Crippen molar-refractivity contribution in [1.29, 1.82) is 0 Å². The highest BCUT2D eigenvalue weighted by Gasteiger charge is 2.35. The third-order valence-corrected chi connectivity index (χ3v) is 6.23. The monoisotopic (exact) mass is 439 g/mol. The summed E-state index contributed by atoms with van der Waals surface area (Å²) in [5, 5.41) is 10.3. The molecule has 1 atom stereocenters. The molecule has 0 fully saturated rings. The van der Waals surface area contributed by atoms with Crippen molar-refractivity contribution in [2.45, 2.75) is 31.7 Å². The van der Waals surface area contributed by atoms with Crippen LogP contribution >= 0.6 is 22.9 Å². The Kier molecular flexibility index (Phi) is 5.04. The SMILES string of the molecule is CC12NC=CC=C1C(Cc1sc(NCc3cnccc3C(F)(F)F)nc1Cl)=CN2. The predicted octanol–water partition coefficient (Wildman–Crippen LogP) is 4.61. The number of fused-ring (bicyclic) bond motifs is 1. The van der Waals surface area contributed by atoms with Crippen molar-refractivity contribution >= 4 is 28.1 Å². The first-order valence-corrected chi connectivity index (χ1v) is 9.97. The van der Waals surface area contributed by atoms with Crippen LogP contribution in [0.25, 0.3) is 0 Å². The maximum Gasteiger partial charge on any atom is 0.416 e. The number of alkyl halides is 3. The third-order valence-electron chi connectivity index (χ3n) is 4.79. The molecule has 4 heterocycles. The average Bonchev–Trinajstić information content (AvgIpc) is 3.19. The zero-order chi connectivity index (χ0) is 20.6. The lowest BCUT2D eigenvalue weighted by molar-refractivity contribution is -0.138. The highest BCUT2D eigenvalue weighted by Crippen LogP contribution is 2.36. The van der Waals surface area contributed by atoms with Crippen LogP contribution in [0.4, 0.5) is 18.3 Å². The van der Waals surface area contributed by atoms with E-state index in [-0.39, 0.29) is 17.8 Å². The second-order valence-electron chi connectivity index (χ2n) is 6.82. The van der Waals surface area contributed by atoms with Gasteiger partial charge in [0.25, 0.3) is 0 Å². The lowest BCUT2D eigenvalue weighted by Gasteiger charge is -2.30. The number of halogens is 4. The molecule has 29 heavy (non-hydrogen) atoms. The number of dihydropyridines is 1. The largest absolute Gasteiger partial charge is 0.416 e. The second-order valence-corrected chi connectivity index (χ2v) is 8.26. The molecule has 0 saturated heterocycles. The summed E-state index contributed by atoms with van der Waals surface area (Å²) in [6.07, 6.45) is 6.27. The standard InChI is InChI=1S/C19H17ClF3N5S/c1-18-13(3-2-5-26-18)11(10-27-18)7-15-16(20)28-17(29-15)25-9-12-8-24-6-4-14(12)19(21,22)23/h2-6,8,10,26-27H,7,9H2,1H3,(H,25,28). The Morgan fingerprint density at radius 1 is 1.31 bits per heavy atom. The molecule has 3 N–H and O–H groups in total. The highest BCUT2D eigenvalue weighted by atomic mass is 35.5. The van der Waals surface area contributed by atoms with E-state index in [9.17, 15) is 13.2 Å². The Morgan fingerprint density at radius 2 is 2.14 bits per heavy atom. The molecule has 10 heteroatoms. The maximum absolute atomic E-state index is 13.1. The first-order chi connectivity index (χ1) is 13.8. The summed E-state index contributed by atoms with van der Waals surface area (Å²) in [6, 6.07) is 0.966. The topological polar surface area (TPSA) is 61.9 Å². The summed E-state index contributed by atoms with van der Waals surface area (Å²) in [5.41, 5.74) is 1.18. The fourth-order valence-corrected chi connectivity index (χ4v) is 4.50. The number of allylic oxidation sites excluding steroid dienone is 2. The Balaban J connectivity index is 1.47. The molecule has 0 amide bonds. The number of aromatic nitrogens is 2. The number of rotatable bonds is 5. The first kappa shape index (κ1) is 19.8. The fraction of sp³-hybridized carbons (Fsp3) is 0.263. The van der Waals surface area contributed by atoms with E-state index in [1.807, 2.05) is 31.5 Å². The summed E-state index contributed by atoms with van der Waals surface area (Å²) in [4.78, 5) is 8.88. The lowest BCUT2D eigenvalue weighted by atomic mass is 9.94. The van der Waals surface area contributed by atoms with E-state index in [1.54, 1.807) is 0 Å². The zero-order valence-corrected chi connectivity index (χ0v) is 16.8. The normalized spacial score (nSPS) is 20.4. The molecular formula is C19H17ClF3N5S. The molecule has 4 rings (SSSR count). The van der Waals surface area contributed by atoms with Gasteiger partial charge in [-0.25, -0.2) is 4.98 Å². The molecule has 0 saturated carbocycles. The van der Waals surface area contributed by atoms with Crippen molar-refractivity contribution in [2.75, 3.05) is 5.32 Å². The van der Waals surface area contributed by atoms with Crippen molar-refractivity contribution in [3.05, 3.63) is 75.3 Å². The molecule has 2 aromatic heterocycles. The van der Waals surface area contributed by atoms with Gasteiger partial charge in [-0.3, -0.25) is 4.98 Å². The van der Waals surface area contributed by atoms with E-state index < -0.39 is 11.7 Å². The van der Waals surface area contributed by atoms with Gasteiger partial charge in [0.05, 0.1) is 10.4 Å². The molecule has 2 aliphatic heterocycles. The molecule has 1 unspecified atom stereocenters. The number of nitrogens with one attached hydrogen (secondary N) is 3. The molecular weight excluding hydrogens is 423 g/mol. The van der Waals surface area contributed by atoms with Crippen LogP contribution in [-0.4, -0.2) is 15.6 Å². The molecule has 0 radical (unpaired) electrons. The van der Waals surface area contributed by atoms with Crippen LogP contribution in [0.2, 0.25) is 5.15 Å². The quantitative estimate of drug-likeness (QED) is 0.635. The first-order valence-electron chi connectivity index (χ1n) is 8.77. The van der Waals surface area contributed by atoms with E-state index in [0.717, 1.165) is 28.3 Å². The smallest absolute Gasteiger partial charge is 0.365 e. The summed E-state index contributed by atoms with van der Waals surface area (Å²) < 4.78 is 39.4. The zero-order valence-electron chi connectivity index (χ0n) is 15.3. The number of pyridine rings is 1. The number of thiazole rings is 1. The van der Waals surface area contributed by atoms with Crippen LogP contribution in [0.5, 0.6) is 0 Å². The number of nitrogens with zero attached hydrogens (tertiary/aromatic N) is 2. The summed E-state index contributed by atoms with van der Waals surface area (Å²) in [5.74, 6) is 0. The molecule has 152 valence electrons. The van der Waals surface area contributed by atoms with Gasteiger partial charge in [-0.05, 0) is 30.8 Å². The molecule has 0 aliphatic carbocycles. The number of hydrogen-bond acceptors (Lipinski definition) is 6. The van der Waals surface area contributed by atoms with E-state index in [0.29, 0.717) is 16.7 Å². The molecule has 2 aromatic rings. The fourth-order valence-electron chi connectivity index (χ4n) is 3.31. The minimum absolute atomic E-state index is 0.0475. The van der Waals surface area contributed by atoms with Gasteiger partial charge in [-0.2, -0.15) is 13.2 Å². The lowest BCUT2D eigenvalue weighted by Crippen LogP contribution is -2.49. The average molecular weight is 440 g/mol. The Morgan fingerprint density at radius 3 is 2.93 bits per heavy atom. The molecule has 5 nitrogen and oxygen atoms in total. The van der Waals surface area contributed by atoms with Crippen molar-refractivity contribution in [3.63, 3.8) is 0 Å². The Hall–Kier alpha value is -2.52. The van der Waals surface area contributed by atoms with Crippen molar-refractivity contribution in [2.24, 2.45) is 0 Å². The van der Waals surface area contributed by atoms with Crippen LogP contribution in [-0.2, 0) is 19.1 Å². The second kappa shape index (κ2) is 7.38. The molecule has 2 aliphatic rings. The van der Waals surface area contributed by atoms with E-state index in [4.69, 9.17) is 11.6 Å². The third kappa shape index (κ3) is 3.97. The van der Waals surface area contributed by atoms with Crippen LogP contribution in [0.1, 0.15) is 22.9 Å². The molecule has 0 aromatic carbocycles. The maximum atomic E-state index is 13.1. The predicted molar refractivity (Wildman–Crippen MR) is 107 cm³/mol. The van der Waals surface area contributed by atoms with E-state index in [2.05, 4.69) is 25.9 Å². The van der Waals surface area contributed by atoms with Gasteiger partial charge in [0.15, 0.2) is 5.13 Å². The molecule has 0 spiro atoms. The van der Waals surface area contributed by atoms with Crippen LogP contribution in [0.3, 0.4) is 0 Å². The van der Waals surface area contributed by atoms with Crippen LogP contribution in [0.15, 0.2) is 54.2 Å². The van der Waals surface area contributed by atoms with Gasteiger partial charge >= 0.3 is 6.18 Å². The van der Waals surface area contributed by atoms with Gasteiger partial charge in [-0.1, -0.05) is 17.7 Å². The van der Waals surface area contributed by atoms with Gasteiger partial charge in [-0.15, -0.1) is 11.3 Å². The Labute approximate surface area is 174 Å². The summed E-state index contributed by atoms with van der Waals surface area (Å²) >= 11 is 7.62. The minimum atomic E-state index is -4.43. The Bertz CT molecular complexity index is 1030. The number of anilines is 1. The van der Waals surface area contributed by atoms with Crippen molar-refractivity contribution in [1.82, 2.24) is 20.6 Å². The van der Waals surface area contributed by atoms with Gasteiger partial charge in [0.2, 0.25) is 0 Å². The van der Waals surface area contributed by atoms with E-state index in [1.165, 1.54) is 17.5 Å². The van der Waals surface area contributed by atoms with Crippen molar-refractivity contribution < 1.29 is 13.2 Å². The summed E-state index contributed by atoms with van der Waals surface area (Å²) in [7, 11) is 0. The molecule has 0 bridgehead atoms. The van der Waals surface area contributed by atoms with Crippen molar-refractivity contribution in [3.8, 4) is 0 Å². The minimum Gasteiger partial charge on any atom is -0.365 e. The van der Waals surface area contributed by atoms with E-state index >= 15 is 0 Å². The van der Waals surface area contributed by atoms with Gasteiger partial charge in [0, 0.05) is 42.7 Å². The van der Waals surface area contributed by atoms with Crippen LogP contribution in [0, 0.1) is 0 Å². The highest BCUT2D eigenvalue weighted by molar-refractivity contribution is 7.16. The van der Waals surface area contributed by atoms with Gasteiger partial charge in [0.1, 0.15) is 10.8 Å². The van der Waals surface area contributed by atoms with Gasteiger partial charge < -0.3 is 16.0 Å². The number of hydrogen-bond donors (Lipinski definition) is 3. The van der Waals surface area contributed by atoms with Crippen LogP contribution < -0.4 is 16.0 Å². The summed E-state index contributed by atoms with van der Waals surface area (Å²) in [6.45, 7) is 1.99.